The van der Waals surface area contributed by atoms with E-state index in [1.54, 1.807) is 11.0 Å². The molecule has 10 heteroatoms. The van der Waals surface area contributed by atoms with Crippen molar-refractivity contribution in [1.29, 1.82) is 0 Å². The van der Waals surface area contributed by atoms with E-state index in [2.05, 4.69) is 20.1 Å². The van der Waals surface area contributed by atoms with Crippen LogP contribution < -0.4 is 10.1 Å². The molecule has 0 aliphatic rings. The number of anilines is 1. The molecule has 0 fully saturated rings. The van der Waals surface area contributed by atoms with Gasteiger partial charge in [0.1, 0.15) is 18.4 Å². The monoisotopic (exact) mass is 419 g/mol. The average Bonchev–Trinajstić information content (AvgIpc) is 3.22. The molecule has 2 aromatic carbocycles. The average molecular weight is 419 g/mol. The molecule has 7 nitrogen and oxygen atoms in total. The number of nitrogens with one attached hydrogen (secondary N) is 1. The number of carbonyl (C=O) groups excluding carboxylic acids is 1. The molecule has 0 saturated carbocycles. The fourth-order valence-corrected chi connectivity index (χ4v) is 2.81. The number of alkyl halides is 3. The highest BCUT2D eigenvalue weighted by molar-refractivity contribution is 5.92. The maximum atomic E-state index is 12.3. The lowest BCUT2D eigenvalue weighted by Crippen LogP contribution is -2.32. The molecule has 3 rings (SSSR count). The van der Waals surface area contributed by atoms with Crippen LogP contribution >= 0.6 is 0 Å². The first kappa shape index (κ1) is 21.3. The second kappa shape index (κ2) is 8.95. The van der Waals surface area contributed by atoms with E-state index in [0.29, 0.717) is 5.69 Å². The summed E-state index contributed by atoms with van der Waals surface area (Å²) >= 11 is 0. The number of hydrogen-bond donors (Lipinski definition) is 1. The molecule has 0 unspecified atom stereocenters. The Balaban J connectivity index is 1.54. The molecule has 1 heterocycles. The van der Waals surface area contributed by atoms with Gasteiger partial charge in [-0.05, 0) is 55.9 Å². The van der Waals surface area contributed by atoms with E-state index in [1.165, 1.54) is 18.5 Å². The first-order valence-corrected chi connectivity index (χ1v) is 9.02. The maximum absolute atomic E-state index is 12.3. The molecule has 0 radical (unpaired) electrons. The largest absolute Gasteiger partial charge is 0.573 e. The summed E-state index contributed by atoms with van der Waals surface area (Å²) in [6.45, 7) is 2.08. The minimum Gasteiger partial charge on any atom is -0.406 e. The molecule has 0 saturated heterocycles. The van der Waals surface area contributed by atoms with E-state index in [4.69, 9.17) is 0 Å². The van der Waals surface area contributed by atoms with Gasteiger partial charge in [-0.2, -0.15) is 5.10 Å². The minimum absolute atomic E-state index is 0.0388. The smallest absolute Gasteiger partial charge is 0.406 e. The predicted molar refractivity (Wildman–Crippen MR) is 104 cm³/mol. The maximum Gasteiger partial charge on any atom is 0.573 e. The Morgan fingerprint density at radius 3 is 2.40 bits per heavy atom. The number of likely N-dealkylation sites (N-methyl/N-ethyl adjacent to an activating group) is 1. The molecular formula is C20H20F3N5O2. The Kier molecular flexibility index (Phi) is 6.36. The summed E-state index contributed by atoms with van der Waals surface area (Å²) in [6, 6.07) is 12.7. The lowest BCUT2D eigenvalue weighted by molar-refractivity contribution is -0.274. The Hall–Kier alpha value is -3.40. The van der Waals surface area contributed by atoms with E-state index in [1.807, 2.05) is 43.1 Å². The van der Waals surface area contributed by atoms with Gasteiger partial charge in [0.2, 0.25) is 5.91 Å². The topological polar surface area (TPSA) is 72.3 Å². The predicted octanol–water partition coefficient (Wildman–Crippen LogP) is 3.80. The molecule has 158 valence electrons. The van der Waals surface area contributed by atoms with Gasteiger partial charge in [0.05, 0.1) is 12.2 Å². The zero-order valence-electron chi connectivity index (χ0n) is 16.3. The Morgan fingerprint density at radius 2 is 1.83 bits per heavy atom. The van der Waals surface area contributed by atoms with Crippen LogP contribution in [0, 0.1) is 0 Å². The van der Waals surface area contributed by atoms with Crippen LogP contribution in [0.2, 0.25) is 0 Å². The van der Waals surface area contributed by atoms with Crippen LogP contribution in [0.15, 0.2) is 61.2 Å². The molecule has 0 aliphatic carbocycles. The van der Waals surface area contributed by atoms with Crippen molar-refractivity contribution in [3.05, 3.63) is 66.7 Å². The van der Waals surface area contributed by atoms with Gasteiger partial charge in [-0.1, -0.05) is 12.1 Å². The standard InChI is InChI=1S/C20H20F3N5O2/c1-14(15-3-7-17(8-4-15)28-13-24-12-25-28)27(2)11-19(29)26-16-5-9-18(10-6-16)30-20(21,22)23/h3-10,12-14H,11H2,1-2H3,(H,26,29)/t14-/m0/s1. The van der Waals surface area contributed by atoms with Crippen molar-refractivity contribution in [2.45, 2.75) is 19.3 Å². The summed E-state index contributed by atoms with van der Waals surface area (Å²) in [5, 5.41) is 6.74. The number of aromatic nitrogens is 3. The third kappa shape index (κ3) is 5.80. The van der Waals surface area contributed by atoms with Crippen LogP contribution in [-0.4, -0.2) is 45.5 Å². The minimum atomic E-state index is -4.75. The van der Waals surface area contributed by atoms with E-state index < -0.39 is 6.36 Å². The van der Waals surface area contributed by atoms with Gasteiger partial charge in [-0.15, -0.1) is 13.2 Å². The lowest BCUT2D eigenvalue weighted by atomic mass is 10.1. The first-order chi connectivity index (χ1) is 14.2. The van der Waals surface area contributed by atoms with Gasteiger partial charge in [-0.3, -0.25) is 9.69 Å². The van der Waals surface area contributed by atoms with Crippen LogP contribution in [0.25, 0.3) is 5.69 Å². The summed E-state index contributed by atoms with van der Waals surface area (Å²) in [7, 11) is 1.82. The highest BCUT2D eigenvalue weighted by atomic mass is 19.4. The number of amides is 1. The molecular weight excluding hydrogens is 399 g/mol. The molecule has 1 aromatic heterocycles. The number of hydrogen-bond acceptors (Lipinski definition) is 5. The normalized spacial score (nSPS) is 12.6. The molecule has 0 aliphatic heterocycles. The zero-order chi connectivity index (χ0) is 21.7. The van der Waals surface area contributed by atoms with Crippen molar-refractivity contribution in [3.63, 3.8) is 0 Å². The van der Waals surface area contributed by atoms with Gasteiger partial charge in [0.15, 0.2) is 0 Å². The summed E-state index contributed by atoms with van der Waals surface area (Å²) in [5.74, 6) is -0.631. The highest BCUT2D eigenvalue weighted by Gasteiger charge is 2.31. The van der Waals surface area contributed by atoms with Crippen molar-refractivity contribution in [2.75, 3.05) is 18.9 Å². The van der Waals surface area contributed by atoms with Crippen LogP contribution in [0.4, 0.5) is 18.9 Å². The summed E-state index contributed by atoms with van der Waals surface area (Å²) in [5.41, 5.74) is 2.28. The highest BCUT2D eigenvalue weighted by Crippen LogP contribution is 2.24. The second-order valence-corrected chi connectivity index (χ2v) is 6.64. The Bertz CT molecular complexity index is 958. The number of carbonyl (C=O) groups is 1. The molecule has 0 spiro atoms. The summed E-state index contributed by atoms with van der Waals surface area (Å²) < 4.78 is 42.1. The molecule has 1 amide bonds. The zero-order valence-corrected chi connectivity index (χ0v) is 16.3. The molecule has 0 bridgehead atoms. The Morgan fingerprint density at radius 1 is 1.17 bits per heavy atom. The number of rotatable bonds is 7. The third-order valence-corrected chi connectivity index (χ3v) is 4.48. The van der Waals surface area contributed by atoms with Gasteiger partial charge in [0.25, 0.3) is 0 Å². The SMILES string of the molecule is C[C@@H](c1ccc(-n2cncn2)cc1)N(C)CC(=O)Nc1ccc(OC(F)(F)F)cc1. The fraction of sp³-hybridized carbons (Fsp3) is 0.250. The van der Waals surface area contributed by atoms with E-state index in [9.17, 15) is 18.0 Å². The quantitative estimate of drug-likeness (QED) is 0.631. The van der Waals surface area contributed by atoms with Crippen molar-refractivity contribution < 1.29 is 22.7 Å². The number of halogens is 3. The van der Waals surface area contributed by atoms with Gasteiger partial charge in [0, 0.05) is 11.7 Å². The van der Waals surface area contributed by atoms with Gasteiger partial charge < -0.3 is 10.1 Å². The van der Waals surface area contributed by atoms with Gasteiger partial charge in [-0.25, -0.2) is 9.67 Å². The third-order valence-electron chi connectivity index (χ3n) is 4.48. The first-order valence-electron chi connectivity index (χ1n) is 9.02. The van der Waals surface area contributed by atoms with Crippen molar-refractivity contribution in [1.82, 2.24) is 19.7 Å². The molecule has 30 heavy (non-hydrogen) atoms. The van der Waals surface area contributed by atoms with Crippen molar-refractivity contribution in [2.24, 2.45) is 0 Å². The molecule has 3 aromatic rings. The van der Waals surface area contributed by atoms with Crippen LogP contribution in [0.5, 0.6) is 5.75 Å². The van der Waals surface area contributed by atoms with Crippen molar-refractivity contribution >= 4 is 11.6 Å². The molecule has 1 atom stereocenters. The molecule has 1 N–H and O–H groups in total. The number of ether oxygens (including phenoxy) is 1. The van der Waals surface area contributed by atoms with E-state index >= 15 is 0 Å². The van der Waals surface area contributed by atoms with E-state index in [0.717, 1.165) is 23.4 Å². The second-order valence-electron chi connectivity index (χ2n) is 6.64. The van der Waals surface area contributed by atoms with E-state index in [-0.39, 0.29) is 24.2 Å². The number of nitrogens with zero attached hydrogens (tertiary/aromatic N) is 4. The van der Waals surface area contributed by atoms with Crippen molar-refractivity contribution in [3.8, 4) is 11.4 Å². The van der Waals surface area contributed by atoms with Crippen LogP contribution in [0.1, 0.15) is 18.5 Å². The van der Waals surface area contributed by atoms with Crippen LogP contribution in [0.3, 0.4) is 0 Å². The fourth-order valence-electron chi connectivity index (χ4n) is 2.81. The lowest BCUT2D eigenvalue weighted by Gasteiger charge is -2.24. The Labute approximate surface area is 171 Å². The summed E-state index contributed by atoms with van der Waals surface area (Å²) in [4.78, 5) is 18.1. The number of benzene rings is 2. The summed E-state index contributed by atoms with van der Waals surface area (Å²) in [6.07, 6.45) is -1.69. The van der Waals surface area contributed by atoms with Crippen LogP contribution in [-0.2, 0) is 4.79 Å². The van der Waals surface area contributed by atoms with Gasteiger partial charge >= 0.3 is 6.36 Å².